The molecule has 0 bridgehead atoms. The Bertz CT molecular complexity index is 1510. The van der Waals surface area contributed by atoms with E-state index >= 15 is 0 Å². The van der Waals surface area contributed by atoms with Crippen LogP contribution in [-0.2, 0) is 5.41 Å². The van der Waals surface area contributed by atoms with Crippen LogP contribution in [0.5, 0.6) is 0 Å². The predicted molar refractivity (Wildman–Crippen MR) is 159 cm³/mol. The van der Waals surface area contributed by atoms with Crippen molar-refractivity contribution in [2.24, 2.45) is 0 Å². The maximum atomic E-state index is 12.7. The Morgan fingerprint density at radius 2 is 1.88 bits per heavy atom. The molecule has 1 aliphatic heterocycles. The molecule has 4 heterocycles. The first-order valence-corrected chi connectivity index (χ1v) is 13.6. The van der Waals surface area contributed by atoms with Gasteiger partial charge < -0.3 is 25.4 Å². The monoisotopic (exact) mass is 575 g/mol. The van der Waals surface area contributed by atoms with Gasteiger partial charge in [0.15, 0.2) is 5.82 Å². The molecule has 41 heavy (non-hydrogen) atoms. The number of benzene rings is 1. The summed E-state index contributed by atoms with van der Waals surface area (Å²) in [6.45, 7) is 9.96. The fourth-order valence-corrected chi connectivity index (χ4v) is 4.91. The summed E-state index contributed by atoms with van der Waals surface area (Å²) in [4.78, 5) is 32.8. The third-order valence-electron chi connectivity index (χ3n) is 7.69. The summed E-state index contributed by atoms with van der Waals surface area (Å²) < 4.78 is 5.22. The van der Waals surface area contributed by atoms with Gasteiger partial charge in [-0.15, -0.1) is 12.4 Å². The van der Waals surface area contributed by atoms with Crippen LogP contribution in [0.1, 0.15) is 60.4 Å². The van der Waals surface area contributed by atoms with Gasteiger partial charge in [0.25, 0.3) is 0 Å². The standard InChI is InChI=1S/C29H33N9O2.ClH/c1-18-14-20(4-6-22(18)19(2)34-26(39)27-36-28(37-40-27)29(3)8-9-29)23-15-25(33-17-32-23)35-24-7-5-21(16-31-24)38-12-10-30-11-13-38;/h4-7,14-17,19,30H,8-13H2,1-3H3,(H,34,39)(H,31,32,33,35);1H. The van der Waals surface area contributed by atoms with E-state index in [0.717, 1.165) is 72.9 Å². The lowest BCUT2D eigenvalue weighted by molar-refractivity contribution is 0.0895. The summed E-state index contributed by atoms with van der Waals surface area (Å²) in [5.74, 6) is 1.61. The Morgan fingerprint density at radius 1 is 1.07 bits per heavy atom. The summed E-state index contributed by atoms with van der Waals surface area (Å²) in [5.41, 5.74) is 4.82. The van der Waals surface area contributed by atoms with Crippen molar-refractivity contribution in [1.82, 2.24) is 35.7 Å². The smallest absolute Gasteiger partial charge is 0.315 e. The molecule has 0 spiro atoms. The van der Waals surface area contributed by atoms with E-state index in [1.807, 2.05) is 44.3 Å². The second-order valence-electron chi connectivity index (χ2n) is 10.8. The second-order valence-corrected chi connectivity index (χ2v) is 10.8. The van der Waals surface area contributed by atoms with E-state index in [1.54, 1.807) is 6.33 Å². The zero-order valence-electron chi connectivity index (χ0n) is 23.3. The van der Waals surface area contributed by atoms with Crippen molar-refractivity contribution in [2.45, 2.75) is 45.1 Å². The number of hydrogen-bond donors (Lipinski definition) is 3. The summed E-state index contributed by atoms with van der Waals surface area (Å²) in [5, 5.41) is 13.6. The zero-order valence-corrected chi connectivity index (χ0v) is 24.2. The van der Waals surface area contributed by atoms with Crippen molar-refractivity contribution in [2.75, 3.05) is 36.4 Å². The Balaban J connectivity index is 0.00000337. The van der Waals surface area contributed by atoms with E-state index < -0.39 is 0 Å². The van der Waals surface area contributed by atoms with Gasteiger partial charge in [0.2, 0.25) is 0 Å². The predicted octanol–water partition coefficient (Wildman–Crippen LogP) is 4.35. The van der Waals surface area contributed by atoms with Crippen LogP contribution in [0.3, 0.4) is 0 Å². The van der Waals surface area contributed by atoms with Crippen LogP contribution in [-0.4, -0.2) is 57.2 Å². The van der Waals surface area contributed by atoms with Crippen LogP contribution in [0.4, 0.5) is 17.3 Å². The van der Waals surface area contributed by atoms with Crippen molar-refractivity contribution in [1.29, 1.82) is 0 Å². The SMILES string of the molecule is Cc1cc(-c2cc(Nc3ccc(N4CCNCC4)cn3)ncn2)ccc1C(C)NC(=O)c1nc(C2(C)CC2)no1.Cl. The molecule has 1 atom stereocenters. The molecule has 214 valence electrons. The van der Waals surface area contributed by atoms with Crippen molar-refractivity contribution in [3.8, 4) is 11.3 Å². The molecule has 1 unspecified atom stereocenters. The number of carbonyl (C=O) groups is 1. The number of rotatable bonds is 8. The minimum atomic E-state index is -0.375. The minimum absolute atomic E-state index is 0. The zero-order chi connectivity index (χ0) is 27.7. The molecule has 11 nitrogen and oxygen atoms in total. The number of anilines is 3. The first kappa shape index (κ1) is 28.4. The number of aromatic nitrogens is 5. The van der Waals surface area contributed by atoms with Crippen LogP contribution in [0.2, 0.25) is 0 Å². The van der Waals surface area contributed by atoms with E-state index in [4.69, 9.17) is 4.52 Å². The maximum Gasteiger partial charge on any atom is 0.315 e. The highest BCUT2D eigenvalue weighted by molar-refractivity contribution is 5.89. The molecule has 2 fully saturated rings. The number of aryl methyl sites for hydroxylation is 1. The lowest BCUT2D eigenvalue weighted by Gasteiger charge is -2.29. The highest BCUT2D eigenvalue weighted by Gasteiger charge is 2.44. The van der Waals surface area contributed by atoms with Gasteiger partial charge >= 0.3 is 11.8 Å². The van der Waals surface area contributed by atoms with Gasteiger partial charge in [-0.2, -0.15) is 4.98 Å². The third kappa shape index (κ3) is 6.31. The van der Waals surface area contributed by atoms with Gasteiger partial charge in [0.1, 0.15) is 18.0 Å². The van der Waals surface area contributed by atoms with Crippen LogP contribution in [0.15, 0.2) is 53.4 Å². The van der Waals surface area contributed by atoms with Crippen molar-refractivity contribution < 1.29 is 9.32 Å². The largest absolute Gasteiger partial charge is 0.368 e. The number of nitrogens with one attached hydrogen (secondary N) is 3. The number of amides is 1. The molecular weight excluding hydrogens is 542 g/mol. The van der Waals surface area contributed by atoms with E-state index in [1.165, 1.54) is 0 Å². The van der Waals surface area contributed by atoms with Crippen molar-refractivity contribution in [3.63, 3.8) is 0 Å². The average Bonchev–Trinajstić information content (AvgIpc) is 3.51. The lowest BCUT2D eigenvalue weighted by Crippen LogP contribution is -2.43. The maximum absolute atomic E-state index is 12.7. The molecule has 6 rings (SSSR count). The second kappa shape index (κ2) is 11.8. The molecule has 3 N–H and O–H groups in total. The van der Waals surface area contributed by atoms with Crippen LogP contribution in [0.25, 0.3) is 11.3 Å². The summed E-state index contributed by atoms with van der Waals surface area (Å²) >= 11 is 0. The fraction of sp³-hybridized carbons (Fsp3) is 0.379. The lowest BCUT2D eigenvalue weighted by atomic mass is 9.98. The van der Waals surface area contributed by atoms with Crippen LogP contribution < -0.4 is 20.9 Å². The van der Waals surface area contributed by atoms with Gasteiger partial charge in [-0.3, -0.25) is 4.79 Å². The van der Waals surface area contributed by atoms with E-state index in [9.17, 15) is 4.79 Å². The Labute approximate surface area is 245 Å². The Hall–Kier alpha value is -4.09. The minimum Gasteiger partial charge on any atom is -0.368 e. The van der Waals surface area contributed by atoms with Crippen LogP contribution >= 0.6 is 12.4 Å². The number of piperazine rings is 1. The molecule has 1 aromatic carbocycles. The van der Waals surface area contributed by atoms with Gasteiger partial charge in [0.05, 0.1) is 23.6 Å². The third-order valence-corrected chi connectivity index (χ3v) is 7.69. The Morgan fingerprint density at radius 3 is 2.59 bits per heavy atom. The fourth-order valence-electron chi connectivity index (χ4n) is 4.91. The summed E-state index contributed by atoms with van der Waals surface area (Å²) in [6.07, 6.45) is 5.46. The highest BCUT2D eigenvalue weighted by atomic mass is 35.5. The topological polar surface area (TPSA) is 134 Å². The molecule has 4 aromatic rings. The first-order valence-electron chi connectivity index (χ1n) is 13.6. The van der Waals surface area contributed by atoms with Gasteiger partial charge in [-0.25, -0.2) is 15.0 Å². The molecule has 0 radical (unpaired) electrons. The molecular formula is C29H34ClN9O2. The molecule has 1 aliphatic carbocycles. The van der Waals surface area contributed by atoms with Crippen molar-refractivity contribution in [3.05, 3.63) is 71.8 Å². The quantitative estimate of drug-likeness (QED) is 0.278. The molecule has 1 saturated carbocycles. The summed E-state index contributed by atoms with van der Waals surface area (Å²) in [7, 11) is 0. The number of pyridine rings is 1. The number of carbonyl (C=O) groups excluding carboxylic acids is 1. The van der Waals surface area contributed by atoms with E-state index in [-0.39, 0.29) is 35.7 Å². The Kier molecular flexibility index (Phi) is 8.18. The highest BCUT2D eigenvalue weighted by Crippen LogP contribution is 2.45. The van der Waals surface area contributed by atoms with Crippen LogP contribution in [0, 0.1) is 6.92 Å². The van der Waals surface area contributed by atoms with Gasteiger partial charge in [0, 0.05) is 43.2 Å². The van der Waals surface area contributed by atoms with Gasteiger partial charge in [-0.05, 0) is 56.0 Å². The molecule has 3 aromatic heterocycles. The van der Waals surface area contributed by atoms with E-state index in [0.29, 0.717) is 11.6 Å². The summed E-state index contributed by atoms with van der Waals surface area (Å²) in [6, 6.07) is 11.8. The first-order chi connectivity index (χ1) is 19.4. The van der Waals surface area contributed by atoms with Gasteiger partial charge in [-0.1, -0.05) is 24.2 Å². The average molecular weight is 576 g/mol. The number of nitrogens with zero attached hydrogens (tertiary/aromatic N) is 6. The molecule has 12 heteroatoms. The van der Waals surface area contributed by atoms with Crippen molar-refractivity contribution >= 4 is 35.6 Å². The number of hydrogen-bond acceptors (Lipinski definition) is 10. The normalized spacial score (nSPS) is 16.4. The molecule has 1 saturated heterocycles. The molecule has 1 amide bonds. The number of halogens is 1. The molecule has 2 aliphatic rings. The van der Waals surface area contributed by atoms with E-state index in [2.05, 4.69) is 65.0 Å².